The minimum atomic E-state index is -1.04. The van der Waals surface area contributed by atoms with Crippen LogP contribution in [0, 0.1) is 5.82 Å². The number of halogens is 2. The van der Waals surface area contributed by atoms with E-state index in [9.17, 15) is 14.3 Å². The number of pyridine rings is 1. The summed E-state index contributed by atoms with van der Waals surface area (Å²) in [6, 6.07) is 4.15. The molecule has 1 aromatic carbocycles. The smallest absolute Gasteiger partial charge is 0.336 e. The number of fused-ring (bicyclic) bond motifs is 1. The highest BCUT2D eigenvalue weighted by molar-refractivity contribution is 6.31. The lowest BCUT2D eigenvalue weighted by Crippen LogP contribution is -2.04. The molecule has 0 saturated heterocycles. The van der Waals surface area contributed by atoms with Gasteiger partial charge in [-0.15, -0.1) is 0 Å². The van der Waals surface area contributed by atoms with Crippen molar-refractivity contribution >= 4 is 28.5 Å². The maximum absolute atomic E-state index is 13.6. The van der Waals surface area contributed by atoms with E-state index in [4.69, 9.17) is 11.6 Å². The molecule has 0 spiro atoms. The van der Waals surface area contributed by atoms with Crippen molar-refractivity contribution in [3.8, 4) is 0 Å². The van der Waals surface area contributed by atoms with Crippen molar-refractivity contribution in [2.45, 2.75) is 31.6 Å². The summed E-state index contributed by atoms with van der Waals surface area (Å²) in [6.07, 6.45) is 4.27. The van der Waals surface area contributed by atoms with Crippen LogP contribution < -0.4 is 0 Å². The standard InChI is InChI=1S/C15H13ClFNO2/c16-11-5-9-10(15(19)20)6-13(8-3-1-2-4-8)18-14(9)7-12(11)17/h5-8H,1-4H2,(H,19,20). The van der Waals surface area contributed by atoms with Crippen molar-refractivity contribution in [1.82, 2.24) is 4.98 Å². The molecule has 0 aliphatic heterocycles. The molecule has 0 unspecified atom stereocenters. The third kappa shape index (κ3) is 2.24. The molecule has 0 radical (unpaired) electrons. The van der Waals surface area contributed by atoms with Gasteiger partial charge in [0.05, 0.1) is 16.1 Å². The van der Waals surface area contributed by atoms with E-state index in [0.717, 1.165) is 31.4 Å². The molecule has 5 heteroatoms. The third-order valence-electron chi connectivity index (χ3n) is 3.87. The SMILES string of the molecule is O=C(O)c1cc(C2CCCC2)nc2cc(F)c(Cl)cc12. The van der Waals surface area contributed by atoms with Crippen LogP contribution in [0.5, 0.6) is 0 Å². The predicted octanol–water partition coefficient (Wildman–Crippen LogP) is 4.38. The van der Waals surface area contributed by atoms with Crippen LogP contribution >= 0.6 is 11.6 Å². The molecule has 0 amide bonds. The quantitative estimate of drug-likeness (QED) is 0.893. The first kappa shape index (κ1) is 13.3. The van der Waals surface area contributed by atoms with Gasteiger partial charge in [-0.05, 0) is 25.0 Å². The minimum Gasteiger partial charge on any atom is -0.478 e. The summed E-state index contributed by atoms with van der Waals surface area (Å²) in [5.41, 5.74) is 1.24. The van der Waals surface area contributed by atoms with Gasteiger partial charge in [0.25, 0.3) is 0 Å². The molecular formula is C15H13ClFNO2. The van der Waals surface area contributed by atoms with E-state index in [1.54, 1.807) is 6.07 Å². The van der Waals surface area contributed by atoms with Crippen LogP contribution in [-0.2, 0) is 0 Å². The van der Waals surface area contributed by atoms with Gasteiger partial charge >= 0.3 is 5.97 Å². The third-order valence-corrected chi connectivity index (χ3v) is 4.16. The molecule has 1 heterocycles. The summed E-state index contributed by atoms with van der Waals surface area (Å²) in [5, 5.41) is 9.64. The average Bonchev–Trinajstić information content (AvgIpc) is 2.92. The van der Waals surface area contributed by atoms with Crippen molar-refractivity contribution in [3.05, 3.63) is 40.3 Å². The van der Waals surface area contributed by atoms with Crippen molar-refractivity contribution in [2.75, 3.05) is 0 Å². The molecule has 1 aromatic heterocycles. The molecule has 2 aromatic rings. The van der Waals surface area contributed by atoms with E-state index >= 15 is 0 Å². The number of benzene rings is 1. The number of hydrogen-bond donors (Lipinski definition) is 1. The molecule has 20 heavy (non-hydrogen) atoms. The zero-order chi connectivity index (χ0) is 14.3. The maximum Gasteiger partial charge on any atom is 0.336 e. The summed E-state index contributed by atoms with van der Waals surface area (Å²) in [7, 11) is 0. The van der Waals surface area contributed by atoms with Crippen LogP contribution in [0.2, 0.25) is 5.02 Å². The molecular weight excluding hydrogens is 281 g/mol. The molecule has 1 fully saturated rings. The Morgan fingerprint density at radius 2 is 2.00 bits per heavy atom. The average molecular weight is 294 g/mol. The fourth-order valence-corrected chi connectivity index (χ4v) is 3.01. The highest BCUT2D eigenvalue weighted by Crippen LogP contribution is 2.35. The Kier molecular flexibility index (Phi) is 3.34. The summed E-state index contributed by atoms with van der Waals surface area (Å²) in [4.78, 5) is 15.9. The monoisotopic (exact) mass is 293 g/mol. The number of aromatic nitrogens is 1. The van der Waals surface area contributed by atoms with Gasteiger partial charge in [0, 0.05) is 23.1 Å². The minimum absolute atomic E-state index is 0.0876. The largest absolute Gasteiger partial charge is 0.478 e. The van der Waals surface area contributed by atoms with E-state index in [2.05, 4.69) is 4.98 Å². The van der Waals surface area contributed by atoms with Gasteiger partial charge in [-0.3, -0.25) is 4.98 Å². The molecule has 3 nitrogen and oxygen atoms in total. The second kappa shape index (κ2) is 5.02. The second-order valence-electron chi connectivity index (χ2n) is 5.16. The number of carboxylic acids is 1. The van der Waals surface area contributed by atoms with Gasteiger partial charge in [-0.25, -0.2) is 9.18 Å². The summed E-state index contributed by atoms with van der Waals surface area (Å²) >= 11 is 5.74. The Hall–Kier alpha value is -1.68. The summed E-state index contributed by atoms with van der Waals surface area (Å²) < 4.78 is 13.6. The number of carbonyl (C=O) groups is 1. The van der Waals surface area contributed by atoms with Gasteiger partial charge in [-0.1, -0.05) is 24.4 Å². The molecule has 1 aliphatic carbocycles. The second-order valence-corrected chi connectivity index (χ2v) is 5.57. The van der Waals surface area contributed by atoms with Crippen molar-refractivity contribution < 1.29 is 14.3 Å². The van der Waals surface area contributed by atoms with E-state index in [1.807, 2.05) is 0 Å². The molecule has 3 rings (SSSR count). The number of rotatable bonds is 2. The number of hydrogen-bond acceptors (Lipinski definition) is 2. The molecule has 104 valence electrons. The Bertz CT molecular complexity index is 696. The zero-order valence-corrected chi connectivity index (χ0v) is 11.5. The molecule has 1 aliphatic rings. The lowest BCUT2D eigenvalue weighted by atomic mass is 9.99. The molecule has 1 N–H and O–H groups in total. The maximum atomic E-state index is 13.6. The van der Waals surface area contributed by atoms with E-state index < -0.39 is 11.8 Å². The van der Waals surface area contributed by atoms with Crippen molar-refractivity contribution in [2.24, 2.45) is 0 Å². The lowest BCUT2D eigenvalue weighted by Gasteiger charge is -2.12. The fourth-order valence-electron chi connectivity index (χ4n) is 2.85. The van der Waals surface area contributed by atoms with Gasteiger partial charge in [0.1, 0.15) is 5.82 Å². The summed E-state index contributed by atoms with van der Waals surface area (Å²) in [6.45, 7) is 0. The van der Waals surface area contributed by atoms with E-state index in [1.165, 1.54) is 12.1 Å². The van der Waals surface area contributed by atoms with Crippen LogP contribution in [-0.4, -0.2) is 16.1 Å². The first-order valence-corrected chi connectivity index (χ1v) is 6.97. The fraction of sp³-hybridized carbons (Fsp3) is 0.333. The molecule has 0 atom stereocenters. The first-order valence-electron chi connectivity index (χ1n) is 6.59. The Balaban J connectivity index is 2.24. The Labute approximate surface area is 120 Å². The van der Waals surface area contributed by atoms with Crippen LogP contribution in [0.15, 0.2) is 18.2 Å². The van der Waals surface area contributed by atoms with Gasteiger partial charge in [0.15, 0.2) is 0 Å². The van der Waals surface area contributed by atoms with Gasteiger partial charge in [0.2, 0.25) is 0 Å². The lowest BCUT2D eigenvalue weighted by molar-refractivity contribution is 0.0699. The molecule has 1 saturated carbocycles. The predicted molar refractivity (Wildman–Crippen MR) is 74.9 cm³/mol. The number of aromatic carboxylic acids is 1. The van der Waals surface area contributed by atoms with Crippen LogP contribution in [0.1, 0.15) is 47.7 Å². The number of carboxylic acid groups (broad SMARTS) is 1. The normalized spacial score (nSPS) is 15.9. The van der Waals surface area contributed by atoms with Crippen molar-refractivity contribution in [3.63, 3.8) is 0 Å². The van der Waals surface area contributed by atoms with E-state index in [-0.39, 0.29) is 16.5 Å². The van der Waals surface area contributed by atoms with Crippen molar-refractivity contribution in [1.29, 1.82) is 0 Å². The summed E-state index contributed by atoms with van der Waals surface area (Å²) in [5.74, 6) is -1.35. The highest BCUT2D eigenvalue weighted by Gasteiger charge is 2.22. The van der Waals surface area contributed by atoms with Crippen LogP contribution in [0.25, 0.3) is 10.9 Å². The molecule has 0 bridgehead atoms. The number of nitrogens with zero attached hydrogens (tertiary/aromatic N) is 1. The highest BCUT2D eigenvalue weighted by atomic mass is 35.5. The van der Waals surface area contributed by atoms with Gasteiger partial charge < -0.3 is 5.11 Å². The van der Waals surface area contributed by atoms with Crippen LogP contribution in [0.3, 0.4) is 0 Å². The zero-order valence-electron chi connectivity index (χ0n) is 10.7. The Morgan fingerprint density at radius 3 is 2.65 bits per heavy atom. The topological polar surface area (TPSA) is 50.2 Å². The van der Waals surface area contributed by atoms with Crippen LogP contribution in [0.4, 0.5) is 4.39 Å². The van der Waals surface area contributed by atoms with E-state index in [0.29, 0.717) is 10.9 Å². The van der Waals surface area contributed by atoms with Gasteiger partial charge in [-0.2, -0.15) is 0 Å². The first-order chi connectivity index (χ1) is 9.56. The Morgan fingerprint density at radius 1 is 1.30 bits per heavy atom.